The van der Waals surface area contributed by atoms with Gasteiger partial charge >= 0.3 is 0 Å². The highest BCUT2D eigenvalue weighted by atomic mass is 32.2. The molecule has 0 aliphatic rings. The Morgan fingerprint density at radius 1 is 1.62 bits per heavy atom. The van der Waals surface area contributed by atoms with Crippen LogP contribution < -0.4 is 5.73 Å². The van der Waals surface area contributed by atoms with Crippen molar-refractivity contribution in [3.63, 3.8) is 0 Å². The Balaban J connectivity index is 2.11. The summed E-state index contributed by atoms with van der Waals surface area (Å²) in [5.74, 6) is 1.05. The molecule has 1 atom stereocenters. The van der Waals surface area contributed by atoms with Crippen LogP contribution in [-0.2, 0) is 0 Å². The van der Waals surface area contributed by atoms with Crippen LogP contribution in [-0.4, -0.2) is 16.3 Å². The standard InChI is InChI=1S/C11H17N3S2/c1-9-7-16-10(14-9)15-6-4-3-5-11(2,13)8-12/h7H,3-6,13H2,1-2H3. The van der Waals surface area contributed by atoms with Gasteiger partial charge in [0, 0.05) is 16.8 Å². The molecule has 0 fully saturated rings. The molecular formula is C11H17N3S2. The predicted octanol–water partition coefficient (Wildman–Crippen LogP) is 2.95. The maximum Gasteiger partial charge on any atom is 0.150 e. The number of nitrogens with two attached hydrogens (primary N) is 1. The molecular weight excluding hydrogens is 238 g/mol. The normalized spacial score (nSPS) is 14.4. The van der Waals surface area contributed by atoms with Gasteiger partial charge in [-0.2, -0.15) is 5.26 Å². The van der Waals surface area contributed by atoms with Crippen LogP contribution in [0, 0.1) is 18.3 Å². The largest absolute Gasteiger partial charge is 0.314 e. The maximum absolute atomic E-state index is 8.74. The Bertz CT molecular complexity index is 366. The molecule has 0 aromatic carbocycles. The smallest absolute Gasteiger partial charge is 0.150 e. The summed E-state index contributed by atoms with van der Waals surface area (Å²) < 4.78 is 1.13. The maximum atomic E-state index is 8.74. The van der Waals surface area contributed by atoms with E-state index in [1.165, 1.54) is 0 Å². The van der Waals surface area contributed by atoms with E-state index in [0.29, 0.717) is 0 Å². The first kappa shape index (κ1) is 13.5. The first-order valence-corrected chi connectivity index (χ1v) is 7.15. The van der Waals surface area contributed by atoms with Crippen molar-refractivity contribution in [1.29, 1.82) is 5.26 Å². The fraction of sp³-hybridized carbons (Fsp3) is 0.636. The minimum atomic E-state index is -0.664. The number of hydrogen-bond acceptors (Lipinski definition) is 5. The third-order valence-corrected chi connectivity index (χ3v) is 4.39. The molecule has 16 heavy (non-hydrogen) atoms. The van der Waals surface area contributed by atoms with Gasteiger partial charge in [0.2, 0.25) is 0 Å². The number of nitriles is 1. The van der Waals surface area contributed by atoms with Crippen LogP contribution in [0.15, 0.2) is 9.72 Å². The van der Waals surface area contributed by atoms with Gasteiger partial charge in [0.05, 0.1) is 6.07 Å². The average Bonchev–Trinajstić information content (AvgIpc) is 2.64. The van der Waals surface area contributed by atoms with Gasteiger partial charge in [0.25, 0.3) is 0 Å². The number of thiazole rings is 1. The lowest BCUT2D eigenvalue weighted by Crippen LogP contribution is -2.33. The van der Waals surface area contributed by atoms with E-state index in [0.717, 1.165) is 35.0 Å². The number of thioether (sulfide) groups is 1. The quantitative estimate of drug-likeness (QED) is 0.627. The van der Waals surface area contributed by atoms with Crippen LogP contribution >= 0.6 is 23.1 Å². The lowest BCUT2D eigenvalue weighted by molar-refractivity contribution is 0.519. The average molecular weight is 255 g/mol. The minimum Gasteiger partial charge on any atom is -0.314 e. The minimum absolute atomic E-state index is 0.664. The van der Waals surface area contributed by atoms with Gasteiger partial charge in [-0.15, -0.1) is 11.3 Å². The summed E-state index contributed by atoms with van der Waals surface area (Å²) in [6.45, 7) is 3.79. The molecule has 1 unspecified atom stereocenters. The second-order valence-corrected chi connectivity index (χ2v) is 6.29. The van der Waals surface area contributed by atoms with Crippen molar-refractivity contribution in [1.82, 2.24) is 4.98 Å². The van der Waals surface area contributed by atoms with Crippen molar-refractivity contribution in [3.05, 3.63) is 11.1 Å². The molecule has 1 rings (SSSR count). The number of rotatable bonds is 6. The van der Waals surface area contributed by atoms with Gasteiger partial charge < -0.3 is 5.73 Å². The predicted molar refractivity (Wildman–Crippen MR) is 69.6 cm³/mol. The Morgan fingerprint density at radius 3 is 2.94 bits per heavy atom. The first-order chi connectivity index (χ1) is 7.53. The molecule has 0 aliphatic carbocycles. The van der Waals surface area contributed by atoms with Crippen molar-refractivity contribution in [2.24, 2.45) is 5.73 Å². The lowest BCUT2D eigenvalue weighted by Gasteiger charge is -2.13. The molecule has 0 saturated heterocycles. The van der Waals surface area contributed by atoms with Crippen molar-refractivity contribution in [2.45, 2.75) is 43.0 Å². The molecule has 1 aromatic heterocycles. The summed E-state index contributed by atoms with van der Waals surface area (Å²) in [7, 11) is 0. The number of aryl methyl sites for hydroxylation is 1. The zero-order valence-corrected chi connectivity index (χ0v) is 11.3. The van der Waals surface area contributed by atoms with Gasteiger partial charge in [0.15, 0.2) is 0 Å². The first-order valence-electron chi connectivity index (χ1n) is 5.28. The number of nitrogens with zero attached hydrogens (tertiary/aromatic N) is 2. The van der Waals surface area contributed by atoms with E-state index in [-0.39, 0.29) is 0 Å². The topological polar surface area (TPSA) is 62.7 Å². The van der Waals surface area contributed by atoms with E-state index in [1.54, 1.807) is 30.0 Å². The van der Waals surface area contributed by atoms with Crippen LogP contribution in [0.3, 0.4) is 0 Å². The number of unbranched alkanes of at least 4 members (excludes halogenated alkanes) is 1. The zero-order chi connectivity index (χ0) is 12.0. The Morgan fingerprint density at radius 2 is 2.38 bits per heavy atom. The molecule has 3 nitrogen and oxygen atoms in total. The molecule has 88 valence electrons. The number of hydrogen-bond donors (Lipinski definition) is 1. The summed E-state index contributed by atoms with van der Waals surface area (Å²) in [6, 6.07) is 2.11. The molecule has 0 aliphatic heterocycles. The van der Waals surface area contributed by atoms with Gasteiger partial charge in [-0.05, 0) is 33.1 Å². The highest BCUT2D eigenvalue weighted by Crippen LogP contribution is 2.23. The summed E-state index contributed by atoms with van der Waals surface area (Å²) >= 11 is 3.48. The van der Waals surface area contributed by atoms with E-state index in [1.807, 2.05) is 6.92 Å². The Hall–Kier alpha value is -0.570. The monoisotopic (exact) mass is 255 g/mol. The van der Waals surface area contributed by atoms with E-state index >= 15 is 0 Å². The molecule has 0 amide bonds. The van der Waals surface area contributed by atoms with Crippen LogP contribution in [0.1, 0.15) is 31.9 Å². The van der Waals surface area contributed by atoms with Gasteiger partial charge in [-0.25, -0.2) is 4.98 Å². The molecule has 0 spiro atoms. The molecule has 1 heterocycles. The Kier molecular flexibility index (Phi) is 5.26. The molecule has 2 N–H and O–H groups in total. The summed E-state index contributed by atoms with van der Waals surface area (Å²) in [6.07, 6.45) is 2.84. The fourth-order valence-electron chi connectivity index (χ4n) is 1.21. The SMILES string of the molecule is Cc1csc(SCCCCC(C)(N)C#N)n1. The third-order valence-electron chi connectivity index (χ3n) is 2.17. The second kappa shape index (κ2) is 6.24. The molecule has 1 aromatic rings. The van der Waals surface area contributed by atoms with Crippen molar-refractivity contribution >= 4 is 23.1 Å². The second-order valence-electron chi connectivity index (χ2n) is 4.09. The van der Waals surface area contributed by atoms with Gasteiger partial charge in [0.1, 0.15) is 9.88 Å². The van der Waals surface area contributed by atoms with Crippen LogP contribution in [0.25, 0.3) is 0 Å². The van der Waals surface area contributed by atoms with Crippen molar-refractivity contribution < 1.29 is 0 Å². The molecule has 5 heteroatoms. The molecule has 0 saturated carbocycles. The molecule has 0 radical (unpaired) electrons. The third kappa shape index (κ3) is 4.97. The van der Waals surface area contributed by atoms with Crippen molar-refractivity contribution in [2.75, 3.05) is 5.75 Å². The van der Waals surface area contributed by atoms with Gasteiger partial charge in [-0.1, -0.05) is 11.8 Å². The van der Waals surface area contributed by atoms with Crippen LogP contribution in [0.2, 0.25) is 0 Å². The molecule has 0 bridgehead atoms. The highest BCUT2D eigenvalue weighted by Gasteiger charge is 2.15. The zero-order valence-electron chi connectivity index (χ0n) is 9.69. The van der Waals surface area contributed by atoms with Gasteiger partial charge in [-0.3, -0.25) is 0 Å². The van der Waals surface area contributed by atoms with Crippen LogP contribution in [0.5, 0.6) is 0 Å². The lowest BCUT2D eigenvalue weighted by atomic mass is 9.99. The Labute approximate surface area is 105 Å². The highest BCUT2D eigenvalue weighted by molar-refractivity contribution is 8.00. The summed E-state index contributed by atoms with van der Waals surface area (Å²) in [5.41, 5.74) is 6.16. The fourth-order valence-corrected chi connectivity index (χ4v) is 3.13. The van der Waals surface area contributed by atoms with E-state index in [9.17, 15) is 0 Å². The van der Waals surface area contributed by atoms with Crippen LogP contribution in [0.4, 0.5) is 0 Å². The summed E-state index contributed by atoms with van der Waals surface area (Å²) in [5, 5.41) is 10.8. The number of aromatic nitrogens is 1. The van der Waals surface area contributed by atoms with E-state index in [2.05, 4.69) is 16.4 Å². The van der Waals surface area contributed by atoms with E-state index < -0.39 is 5.54 Å². The summed E-state index contributed by atoms with van der Waals surface area (Å²) in [4.78, 5) is 4.38. The van der Waals surface area contributed by atoms with Crippen molar-refractivity contribution in [3.8, 4) is 6.07 Å². The van der Waals surface area contributed by atoms with E-state index in [4.69, 9.17) is 11.0 Å².